The zero-order chi connectivity index (χ0) is 27.0. The Morgan fingerprint density at radius 1 is 0.974 bits per heavy atom. The van der Waals surface area contributed by atoms with Crippen LogP contribution in [0.1, 0.15) is 27.9 Å². The van der Waals surface area contributed by atoms with Crippen molar-refractivity contribution in [2.24, 2.45) is 5.92 Å². The van der Waals surface area contributed by atoms with E-state index in [4.69, 9.17) is 14.2 Å². The number of hydrogen-bond donors (Lipinski definition) is 0. The zero-order valence-corrected chi connectivity index (χ0v) is 21.9. The van der Waals surface area contributed by atoms with Gasteiger partial charge in [0.2, 0.25) is 0 Å². The molecule has 4 aromatic rings. The number of hydrogen-bond acceptors (Lipinski definition) is 5. The van der Waals surface area contributed by atoms with E-state index in [2.05, 4.69) is 4.98 Å². The number of benzene rings is 3. The van der Waals surface area contributed by atoms with Gasteiger partial charge in [0, 0.05) is 43.6 Å². The molecule has 1 aliphatic rings. The molecule has 0 spiro atoms. The Labute approximate surface area is 228 Å². The Kier molecular flexibility index (Phi) is 8.48. The molecule has 0 radical (unpaired) electrons. The van der Waals surface area contributed by atoms with Gasteiger partial charge in [-0.1, -0.05) is 36.4 Å². The molecule has 2 heterocycles. The standard InChI is InChI=1S/C32H31FN2O4/c1-37-30-12-7-23(16-31(30)39-22-25-13-15-38-21-25)19-35(20-24-4-3-14-34-18-24)32(36)28-6-2-5-27(17-28)26-8-10-29(33)11-9-26/h2-12,14,16-18,25H,13,15,19-22H2,1H3. The normalized spacial score (nSPS) is 14.7. The van der Waals surface area contributed by atoms with Crippen molar-refractivity contribution in [3.63, 3.8) is 0 Å². The van der Waals surface area contributed by atoms with Crippen molar-refractivity contribution in [1.29, 1.82) is 0 Å². The molecule has 1 amide bonds. The minimum Gasteiger partial charge on any atom is -0.493 e. The summed E-state index contributed by atoms with van der Waals surface area (Å²) in [6.07, 6.45) is 4.46. The predicted molar refractivity (Wildman–Crippen MR) is 147 cm³/mol. The average Bonchev–Trinajstić information content (AvgIpc) is 3.50. The fraction of sp³-hybridized carbons (Fsp3) is 0.250. The molecule has 1 unspecified atom stereocenters. The molecule has 0 N–H and O–H groups in total. The highest BCUT2D eigenvalue weighted by molar-refractivity contribution is 5.95. The molecule has 6 nitrogen and oxygen atoms in total. The average molecular weight is 527 g/mol. The van der Waals surface area contributed by atoms with Crippen molar-refractivity contribution in [2.45, 2.75) is 19.5 Å². The van der Waals surface area contributed by atoms with Crippen LogP contribution >= 0.6 is 0 Å². The first-order valence-corrected chi connectivity index (χ1v) is 13.0. The molecule has 3 aromatic carbocycles. The smallest absolute Gasteiger partial charge is 0.254 e. The quantitative estimate of drug-likeness (QED) is 0.248. The van der Waals surface area contributed by atoms with Crippen molar-refractivity contribution >= 4 is 5.91 Å². The third kappa shape index (κ3) is 6.81. The van der Waals surface area contributed by atoms with Crippen molar-refractivity contribution in [1.82, 2.24) is 9.88 Å². The number of rotatable bonds is 10. The van der Waals surface area contributed by atoms with Gasteiger partial charge in [-0.15, -0.1) is 0 Å². The van der Waals surface area contributed by atoms with E-state index >= 15 is 0 Å². The van der Waals surface area contributed by atoms with Crippen molar-refractivity contribution in [3.8, 4) is 22.6 Å². The lowest BCUT2D eigenvalue weighted by atomic mass is 10.0. The lowest BCUT2D eigenvalue weighted by molar-refractivity contribution is 0.0729. The van der Waals surface area contributed by atoms with Crippen LogP contribution in [0.15, 0.2) is 91.3 Å². The van der Waals surface area contributed by atoms with Gasteiger partial charge in [-0.05, 0) is 71.1 Å². The molecule has 1 atom stereocenters. The van der Waals surface area contributed by atoms with E-state index in [0.717, 1.165) is 35.3 Å². The van der Waals surface area contributed by atoms with E-state index in [0.29, 0.717) is 49.3 Å². The molecule has 0 saturated carbocycles. The van der Waals surface area contributed by atoms with E-state index in [1.807, 2.05) is 48.5 Å². The van der Waals surface area contributed by atoms with Crippen LogP contribution in [0.25, 0.3) is 11.1 Å². The molecule has 5 rings (SSSR count). The van der Waals surface area contributed by atoms with Crippen LogP contribution in [0, 0.1) is 11.7 Å². The highest BCUT2D eigenvalue weighted by atomic mass is 19.1. The minimum absolute atomic E-state index is 0.121. The van der Waals surface area contributed by atoms with Crippen LogP contribution in [-0.2, 0) is 17.8 Å². The lowest BCUT2D eigenvalue weighted by Crippen LogP contribution is -2.30. The summed E-state index contributed by atoms with van der Waals surface area (Å²) in [6.45, 7) is 2.76. The molecule has 1 aliphatic heterocycles. The first-order chi connectivity index (χ1) is 19.1. The van der Waals surface area contributed by atoms with Crippen LogP contribution in [-0.4, -0.2) is 42.7 Å². The second-order valence-corrected chi connectivity index (χ2v) is 9.64. The van der Waals surface area contributed by atoms with Gasteiger partial charge in [0.15, 0.2) is 11.5 Å². The van der Waals surface area contributed by atoms with E-state index in [1.165, 1.54) is 12.1 Å². The highest BCUT2D eigenvalue weighted by Gasteiger charge is 2.20. The molecule has 200 valence electrons. The van der Waals surface area contributed by atoms with Gasteiger partial charge in [0.25, 0.3) is 5.91 Å². The molecule has 39 heavy (non-hydrogen) atoms. The molecule has 0 bridgehead atoms. The number of halogens is 1. The third-order valence-corrected chi connectivity index (χ3v) is 6.77. The van der Waals surface area contributed by atoms with Crippen molar-refractivity contribution < 1.29 is 23.4 Å². The van der Waals surface area contributed by atoms with Crippen LogP contribution in [0.5, 0.6) is 11.5 Å². The Bertz CT molecular complexity index is 1390. The molecule has 1 saturated heterocycles. The topological polar surface area (TPSA) is 60.9 Å². The summed E-state index contributed by atoms with van der Waals surface area (Å²) in [5.74, 6) is 1.23. The van der Waals surface area contributed by atoms with Crippen LogP contribution in [0.4, 0.5) is 4.39 Å². The first kappa shape index (κ1) is 26.4. The maximum atomic E-state index is 13.9. The number of nitrogens with zero attached hydrogens (tertiary/aromatic N) is 2. The Balaban J connectivity index is 1.40. The SMILES string of the molecule is COc1ccc(CN(Cc2cccnc2)C(=O)c2cccc(-c3ccc(F)cc3)c2)cc1OCC1CCOC1. The maximum Gasteiger partial charge on any atom is 0.254 e. The van der Waals surface area contributed by atoms with Gasteiger partial charge in [0.05, 0.1) is 20.3 Å². The van der Waals surface area contributed by atoms with Gasteiger partial charge < -0.3 is 19.1 Å². The second kappa shape index (κ2) is 12.5. The number of amides is 1. The predicted octanol–water partition coefficient (Wildman–Crippen LogP) is 6.15. The molecule has 1 aromatic heterocycles. The van der Waals surface area contributed by atoms with Crippen LogP contribution in [0.2, 0.25) is 0 Å². The first-order valence-electron chi connectivity index (χ1n) is 13.0. The van der Waals surface area contributed by atoms with Crippen molar-refractivity contribution in [2.75, 3.05) is 26.9 Å². The summed E-state index contributed by atoms with van der Waals surface area (Å²) in [6, 6.07) is 23.2. The number of carbonyl (C=O) groups excluding carboxylic acids is 1. The number of pyridine rings is 1. The van der Waals surface area contributed by atoms with E-state index < -0.39 is 0 Å². The Hall–Kier alpha value is -4.23. The van der Waals surface area contributed by atoms with E-state index in [9.17, 15) is 9.18 Å². The van der Waals surface area contributed by atoms with Gasteiger partial charge >= 0.3 is 0 Å². The van der Waals surface area contributed by atoms with E-state index in [1.54, 1.807) is 42.6 Å². The maximum absolute atomic E-state index is 13.9. The summed E-state index contributed by atoms with van der Waals surface area (Å²) in [5, 5.41) is 0. The molecule has 1 fully saturated rings. The highest BCUT2D eigenvalue weighted by Crippen LogP contribution is 2.30. The monoisotopic (exact) mass is 526 g/mol. The number of ether oxygens (including phenoxy) is 3. The Morgan fingerprint density at radius 3 is 2.56 bits per heavy atom. The van der Waals surface area contributed by atoms with Crippen LogP contribution in [0.3, 0.4) is 0 Å². The van der Waals surface area contributed by atoms with E-state index in [-0.39, 0.29) is 11.7 Å². The molecular weight excluding hydrogens is 495 g/mol. The van der Waals surface area contributed by atoms with Gasteiger partial charge in [-0.3, -0.25) is 9.78 Å². The minimum atomic E-state index is -0.298. The third-order valence-electron chi connectivity index (χ3n) is 6.77. The second-order valence-electron chi connectivity index (χ2n) is 9.64. The lowest BCUT2D eigenvalue weighted by Gasteiger charge is -2.24. The van der Waals surface area contributed by atoms with Gasteiger partial charge in [0.1, 0.15) is 5.82 Å². The fourth-order valence-electron chi connectivity index (χ4n) is 4.64. The number of carbonyl (C=O) groups is 1. The summed E-state index contributed by atoms with van der Waals surface area (Å²) < 4.78 is 30.6. The fourth-order valence-corrected chi connectivity index (χ4v) is 4.64. The summed E-state index contributed by atoms with van der Waals surface area (Å²) in [5.41, 5.74) is 4.08. The Morgan fingerprint density at radius 2 is 1.82 bits per heavy atom. The summed E-state index contributed by atoms with van der Waals surface area (Å²) in [4.78, 5) is 19.9. The van der Waals surface area contributed by atoms with Crippen molar-refractivity contribution in [3.05, 3.63) is 114 Å². The summed E-state index contributed by atoms with van der Waals surface area (Å²) in [7, 11) is 1.62. The number of aromatic nitrogens is 1. The molecule has 7 heteroatoms. The molecular formula is C32H31FN2O4. The molecule has 0 aliphatic carbocycles. The van der Waals surface area contributed by atoms with Crippen LogP contribution < -0.4 is 9.47 Å². The zero-order valence-electron chi connectivity index (χ0n) is 21.9. The summed E-state index contributed by atoms with van der Waals surface area (Å²) >= 11 is 0. The largest absolute Gasteiger partial charge is 0.493 e. The number of methoxy groups -OCH3 is 1. The van der Waals surface area contributed by atoms with Gasteiger partial charge in [-0.25, -0.2) is 4.39 Å². The van der Waals surface area contributed by atoms with Gasteiger partial charge in [-0.2, -0.15) is 0 Å².